The van der Waals surface area contributed by atoms with Crippen molar-refractivity contribution < 1.29 is 42.3 Å². The molecule has 0 saturated carbocycles. The van der Waals surface area contributed by atoms with Gasteiger partial charge < -0.3 is 10.1 Å². The minimum absolute atomic E-state index is 0. The van der Waals surface area contributed by atoms with Crippen molar-refractivity contribution in [3.05, 3.63) is 29.8 Å². The molecule has 0 heterocycles. The molecule has 1 amide bonds. The first-order valence-corrected chi connectivity index (χ1v) is 4.04. The number of amides is 1. The first-order chi connectivity index (χ1) is 6.26. The molecule has 1 radical (unpaired) electrons. The summed E-state index contributed by atoms with van der Waals surface area (Å²) in [6.07, 6.45) is 2.20. The fraction of sp³-hybridized carbons (Fsp3) is 0.200. The zero-order valence-corrected chi connectivity index (χ0v) is 10.7. The van der Waals surface area contributed by atoms with E-state index >= 15 is 0 Å². The molecule has 1 rings (SSSR count). The topological polar surface area (TPSA) is 46.2 Å². The van der Waals surface area contributed by atoms with Crippen LogP contribution in [0.2, 0.25) is 0 Å². The fourth-order valence-corrected chi connectivity index (χ4v) is 0.871. The third-order valence-corrected chi connectivity index (χ3v) is 1.61. The molecule has 1 aromatic carbocycles. The quantitative estimate of drug-likeness (QED) is 0.841. The Bertz CT molecular complexity index is 308. The number of rotatable bonds is 3. The number of hydrogen-bond donors (Lipinski definition) is 1. The Kier molecular flexibility index (Phi) is 6.59. The van der Waals surface area contributed by atoms with Crippen molar-refractivity contribution in [3.63, 3.8) is 0 Å². The zero-order valence-electron chi connectivity index (χ0n) is 7.91. The van der Waals surface area contributed by atoms with Crippen LogP contribution in [-0.2, 0) is 42.3 Å². The van der Waals surface area contributed by atoms with Crippen LogP contribution in [0, 0.1) is 0 Å². The first-order valence-electron chi connectivity index (χ1n) is 4.04. The summed E-state index contributed by atoms with van der Waals surface area (Å²) in [5.74, 6) is -0.0390. The van der Waals surface area contributed by atoms with Gasteiger partial charge in [0.25, 0.3) is 0 Å². The number of carbonyl (C=O) groups is 1. The summed E-state index contributed by atoms with van der Waals surface area (Å²) in [6, 6.07) is 6.57. The molecule has 14 heavy (non-hydrogen) atoms. The van der Waals surface area contributed by atoms with Gasteiger partial charge in [-0.25, -0.2) is 0 Å². The van der Waals surface area contributed by atoms with Crippen LogP contribution in [0.4, 0.5) is 5.69 Å². The standard InChI is InChI=1S/C10H10NO2.Y/c1-2-10(13)11-9-5-3-8(7-12)4-6-9;/h3-6H,2H2,1H3,(H,11,13);/q-1;. The number of anilines is 1. The van der Waals surface area contributed by atoms with E-state index in [1.807, 2.05) is 0 Å². The second kappa shape index (κ2) is 6.85. The molecule has 0 aromatic heterocycles. The average molecular weight is 265 g/mol. The van der Waals surface area contributed by atoms with Crippen LogP contribution in [0.25, 0.3) is 0 Å². The van der Waals surface area contributed by atoms with E-state index < -0.39 is 0 Å². The molecule has 71 valence electrons. The minimum Gasteiger partial charge on any atom is -0.376 e. The van der Waals surface area contributed by atoms with Crippen molar-refractivity contribution >= 4 is 17.9 Å². The van der Waals surface area contributed by atoms with E-state index in [9.17, 15) is 9.59 Å². The van der Waals surface area contributed by atoms with E-state index in [2.05, 4.69) is 5.32 Å². The Morgan fingerprint density at radius 3 is 2.36 bits per heavy atom. The molecule has 1 aromatic rings. The first kappa shape index (κ1) is 13.5. The Morgan fingerprint density at radius 1 is 1.36 bits per heavy atom. The van der Waals surface area contributed by atoms with Crippen molar-refractivity contribution in [2.75, 3.05) is 5.32 Å². The van der Waals surface area contributed by atoms with Crippen molar-refractivity contribution in [3.8, 4) is 0 Å². The molecule has 0 unspecified atom stereocenters. The van der Waals surface area contributed by atoms with Gasteiger partial charge in [-0.05, 0) is 0 Å². The number of carbonyl (C=O) groups excluding carboxylic acids is 2. The van der Waals surface area contributed by atoms with Crippen LogP contribution >= 0.6 is 0 Å². The summed E-state index contributed by atoms with van der Waals surface area (Å²) >= 11 is 0. The third kappa shape index (κ3) is 4.12. The molecule has 0 atom stereocenters. The number of nitrogens with one attached hydrogen (secondary N) is 1. The van der Waals surface area contributed by atoms with Crippen molar-refractivity contribution in [2.45, 2.75) is 13.3 Å². The second-order valence-electron chi connectivity index (χ2n) is 2.58. The number of benzene rings is 1. The molecular formula is C10H10NO2Y-. The molecule has 0 aliphatic heterocycles. The maximum Gasteiger partial charge on any atom is 0.224 e. The summed E-state index contributed by atoms with van der Waals surface area (Å²) in [5, 5.41) is 2.67. The molecule has 1 N–H and O–H groups in total. The molecule has 0 fully saturated rings. The molecule has 0 aliphatic rings. The minimum atomic E-state index is -0.0390. The molecular weight excluding hydrogens is 255 g/mol. The summed E-state index contributed by atoms with van der Waals surface area (Å²) in [7, 11) is 0. The Hall–Kier alpha value is -0.536. The maximum atomic E-state index is 10.9. The maximum absolute atomic E-state index is 10.9. The summed E-state index contributed by atoms with van der Waals surface area (Å²) in [4.78, 5) is 21.1. The Labute approximate surface area is 108 Å². The molecule has 3 nitrogen and oxygen atoms in total. The average Bonchev–Trinajstić information content (AvgIpc) is 2.19. The number of hydrogen-bond acceptors (Lipinski definition) is 2. The summed E-state index contributed by atoms with van der Waals surface area (Å²) < 4.78 is 0. The molecule has 0 saturated heterocycles. The Balaban J connectivity index is 0.00000169. The van der Waals surface area contributed by atoms with Crippen LogP contribution in [0.3, 0.4) is 0 Å². The molecule has 4 heteroatoms. The van der Waals surface area contributed by atoms with Gasteiger partial charge in [-0.15, -0.1) is 0 Å². The van der Waals surface area contributed by atoms with Gasteiger partial charge in [0.1, 0.15) is 0 Å². The van der Waals surface area contributed by atoms with E-state index in [1.165, 1.54) is 0 Å². The van der Waals surface area contributed by atoms with Gasteiger partial charge in [-0.1, -0.05) is 19.1 Å². The van der Waals surface area contributed by atoms with E-state index in [0.717, 1.165) is 0 Å². The van der Waals surface area contributed by atoms with Crippen LogP contribution < -0.4 is 5.32 Å². The molecule has 0 aliphatic carbocycles. The van der Waals surface area contributed by atoms with Crippen LogP contribution in [0.5, 0.6) is 0 Å². The van der Waals surface area contributed by atoms with Crippen LogP contribution in [0.1, 0.15) is 18.9 Å². The normalized spacial score (nSPS) is 8.64. The van der Waals surface area contributed by atoms with Crippen LogP contribution in [0.15, 0.2) is 24.3 Å². The smallest absolute Gasteiger partial charge is 0.224 e. The SMILES string of the molecule is CCC(=O)Nc1ccc([C-]=O)cc1.[Y]. The largest absolute Gasteiger partial charge is 0.376 e. The fourth-order valence-electron chi connectivity index (χ4n) is 0.871. The molecule has 0 bridgehead atoms. The molecule has 0 spiro atoms. The Morgan fingerprint density at radius 2 is 1.93 bits per heavy atom. The van der Waals surface area contributed by atoms with Gasteiger partial charge in [0.05, 0.1) is 6.29 Å². The van der Waals surface area contributed by atoms with Gasteiger partial charge >= 0.3 is 0 Å². The van der Waals surface area contributed by atoms with E-state index in [0.29, 0.717) is 17.7 Å². The van der Waals surface area contributed by atoms with Crippen LogP contribution in [-0.4, -0.2) is 12.2 Å². The van der Waals surface area contributed by atoms with Gasteiger partial charge in [0.15, 0.2) is 0 Å². The zero-order chi connectivity index (χ0) is 9.68. The van der Waals surface area contributed by atoms with Gasteiger partial charge in [0.2, 0.25) is 5.91 Å². The van der Waals surface area contributed by atoms with E-state index in [4.69, 9.17) is 0 Å². The van der Waals surface area contributed by atoms with E-state index in [-0.39, 0.29) is 38.6 Å². The van der Waals surface area contributed by atoms with Gasteiger partial charge in [-0.3, -0.25) is 4.79 Å². The summed E-state index contributed by atoms with van der Waals surface area (Å²) in [6.45, 7) is 1.78. The van der Waals surface area contributed by atoms with Crippen molar-refractivity contribution in [1.29, 1.82) is 0 Å². The second-order valence-corrected chi connectivity index (χ2v) is 2.58. The van der Waals surface area contributed by atoms with Crippen molar-refractivity contribution in [1.82, 2.24) is 0 Å². The van der Waals surface area contributed by atoms with Gasteiger partial charge in [0, 0.05) is 44.8 Å². The van der Waals surface area contributed by atoms with Gasteiger partial charge in [-0.2, -0.15) is 17.7 Å². The third-order valence-electron chi connectivity index (χ3n) is 1.61. The predicted molar refractivity (Wildman–Crippen MR) is 50.2 cm³/mol. The monoisotopic (exact) mass is 265 g/mol. The summed E-state index contributed by atoms with van der Waals surface area (Å²) in [5.41, 5.74) is 1.18. The predicted octanol–water partition coefficient (Wildman–Crippen LogP) is 1.49. The van der Waals surface area contributed by atoms with E-state index in [1.54, 1.807) is 37.5 Å². The van der Waals surface area contributed by atoms with Crippen molar-refractivity contribution in [2.24, 2.45) is 0 Å².